The van der Waals surface area contributed by atoms with Crippen molar-refractivity contribution in [2.24, 2.45) is 0 Å². The summed E-state index contributed by atoms with van der Waals surface area (Å²) in [6, 6.07) is 13.6. The van der Waals surface area contributed by atoms with E-state index in [-0.39, 0.29) is 11.5 Å². The zero-order chi connectivity index (χ0) is 16.9. The Kier molecular flexibility index (Phi) is 4.72. The Morgan fingerprint density at radius 3 is 2.62 bits per heavy atom. The van der Waals surface area contributed by atoms with Crippen LogP contribution in [0.4, 0.5) is 5.69 Å². The van der Waals surface area contributed by atoms with Crippen LogP contribution in [0.15, 0.2) is 71.9 Å². The van der Waals surface area contributed by atoms with Crippen molar-refractivity contribution in [2.45, 2.75) is 6.54 Å². The molecule has 3 rings (SSSR count). The predicted octanol–water partition coefficient (Wildman–Crippen LogP) is 3.20. The van der Waals surface area contributed by atoms with Crippen LogP contribution >= 0.6 is 11.6 Å². The van der Waals surface area contributed by atoms with Crippen LogP contribution in [-0.2, 0) is 6.54 Å². The number of anilines is 1. The quantitative estimate of drug-likeness (QED) is 0.794. The van der Waals surface area contributed by atoms with E-state index in [0.29, 0.717) is 22.8 Å². The molecule has 6 heteroatoms. The van der Waals surface area contributed by atoms with Gasteiger partial charge in [-0.2, -0.15) is 0 Å². The van der Waals surface area contributed by atoms with Gasteiger partial charge >= 0.3 is 0 Å². The van der Waals surface area contributed by atoms with Crippen LogP contribution in [0, 0.1) is 0 Å². The fourth-order valence-corrected chi connectivity index (χ4v) is 2.34. The van der Waals surface area contributed by atoms with Gasteiger partial charge in [0.25, 0.3) is 11.5 Å². The molecule has 1 amide bonds. The second kappa shape index (κ2) is 7.10. The lowest BCUT2D eigenvalue weighted by Gasteiger charge is -2.09. The van der Waals surface area contributed by atoms with E-state index >= 15 is 0 Å². The predicted molar refractivity (Wildman–Crippen MR) is 93.4 cm³/mol. The molecule has 3 aromatic rings. The summed E-state index contributed by atoms with van der Waals surface area (Å²) in [6.07, 6.45) is 4.73. The number of amides is 1. The highest BCUT2D eigenvalue weighted by Gasteiger charge is 2.08. The summed E-state index contributed by atoms with van der Waals surface area (Å²) in [5.41, 5.74) is 1.74. The van der Waals surface area contributed by atoms with Crippen LogP contribution in [-0.4, -0.2) is 15.5 Å². The highest BCUT2D eigenvalue weighted by atomic mass is 35.5. The normalized spacial score (nSPS) is 10.4. The highest BCUT2D eigenvalue weighted by molar-refractivity contribution is 6.30. The van der Waals surface area contributed by atoms with Crippen molar-refractivity contribution >= 4 is 23.2 Å². The standard InChI is InChI=1S/C18H14ClN3O2/c19-15-6-3-13(4-7-15)11-22-12-14(5-8-17(22)23)18(24)21-16-2-1-9-20-10-16/h1-10,12H,11H2,(H,21,24). The van der Waals surface area contributed by atoms with Gasteiger partial charge in [-0.05, 0) is 35.9 Å². The number of halogens is 1. The molecular formula is C18H14ClN3O2. The van der Waals surface area contributed by atoms with E-state index in [2.05, 4.69) is 10.3 Å². The third-order valence-corrected chi connectivity index (χ3v) is 3.68. The number of nitrogens with one attached hydrogen (secondary N) is 1. The summed E-state index contributed by atoms with van der Waals surface area (Å²) < 4.78 is 1.49. The maximum absolute atomic E-state index is 12.3. The summed E-state index contributed by atoms with van der Waals surface area (Å²) >= 11 is 5.86. The van der Waals surface area contributed by atoms with Crippen molar-refractivity contribution in [3.63, 3.8) is 0 Å². The second-order valence-electron chi connectivity index (χ2n) is 5.21. The van der Waals surface area contributed by atoms with Crippen molar-refractivity contribution in [1.82, 2.24) is 9.55 Å². The fraction of sp³-hybridized carbons (Fsp3) is 0.0556. The molecule has 24 heavy (non-hydrogen) atoms. The number of benzene rings is 1. The molecule has 5 nitrogen and oxygen atoms in total. The third kappa shape index (κ3) is 3.88. The van der Waals surface area contributed by atoms with E-state index in [0.717, 1.165) is 5.56 Å². The molecule has 0 saturated heterocycles. The smallest absolute Gasteiger partial charge is 0.257 e. The fourth-order valence-electron chi connectivity index (χ4n) is 2.22. The molecule has 2 aromatic heterocycles. The molecule has 0 aliphatic heterocycles. The average Bonchev–Trinajstić information content (AvgIpc) is 2.59. The van der Waals surface area contributed by atoms with E-state index in [9.17, 15) is 9.59 Å². The van der Waals surface area contributed by atoms with E-state index in [1.54, 1.807) is 42.9 Å². The average molecular weight is 340 g/mol. The third-order valence-electron chi connectivity index (χ3n) is 3.43. The summed E-state index contributed by atoms with van der Waals surface area (Å²) in [5.74, 6) is -0.298. The summed E-state index contributed by atoms with van der Waals surface area (Å²) in [7, 11) is 0. The molecule has 0 fully saturated rings. The molecule has 1 N–H and O–H groups in total. The Bertz CT molecular complexity index is 906. The lowest BCUT2D eigenvalue weighted by atomic mass is 10.2. The first-order valence-electron chi connectivity index (χ1n) is 7.28. The van der Waals surface area contributed by atoms with Gasteiger partial charge in [-0.1, -0.05) is 23.7 Å². The SMILES string of the molecule is O=C(Nc1cccnc1)c1ccc(=O)n(Cc2ccc(Cl)cc2)c1. The summed E-state index contributed by atoms with van der Waals surface area (Å²) in [6.45, 7) is 0.365. The maximum atomic E-state index is 12.3. The van der Waals surface area contributed by atoms with Crippen LogP contribution < -0.4 is 10.9 Å². The van der Waals surface area contributed by atoms with E-state index < -0.39 is 0 Å². The Morgan fingerprint density at radius 2 is 1.92 bits per heavy atom. The van der Waals surface area contributed by atoms with Gasteiger partial charge in [-0.15, -0.1) is 0 Å². The number of carbonyl (C=O) groups is 1. The molecule has 0 unspecified atom stereocenters. The van der Waals surface area contributed by atoms with Gasteiger partial charge in [-0.3, -0.25) is 14.6 Å². The molecule has 0 atom stereocenters. The summed E-state index contributed by atoms with van der Waals surface area (Å²) in [4.78, 5) is 28.3. The van der Waals surface area contributed by atoms with Crippen LogP contribution in [0.5, 0.6) is 0 Å². The van der Waals surface area contributed by atoms with E-state index in [4.69, 9.17) is 11.6 Å². The van der Waals surface area contributed by atoms with Crippen molar-refractivity contribution in [2.75, 3.05) is 5.32 Å². The highest BCUT2D eigenvalue weighted by Crippen LogP contribution is 2.11. The van der Waals surface area contributed by atoms with E-state index in [1.807, 2.05) is 12.1 Å². The first-order valence-corrected chi connectivity index (χ1v) is 7.66. The van der Waals surface area contributed by atoms with Gasteiger partial charge in [0.1, 0.15) is 0 Å². The Balaban J connectivity index is 1.81. The molecule has 0 radical (unpaired) electrons. The Hall–Kier alpha value is -2.92. The number of aromatic nitrogens is 2. The number of rotatable bonds is 4. The topological polar surface area (TPSA) is 64.0 Å². The van der Waals surface area contributed by atoms with Crippen LogP contribution in [0.1, 0.15) is 15.9 Å². The number of nitrogens with zero attached hydrogens (tertiary/aromatic N) is 2. The lowest BCUT2D eigenvalue weighted by molar-refractivity contribution is 0.102. The van der Waals surface area contributed by atoms with Crippen molar-refractivity contribution in [3.8, 4) is 0 Å². The minimum Gasteiger partial charge on any atom is -0.321 e. The van der Waals surface area contributed by atoms with Gasteiger partial charge < -0.3 is 9.88 Å². The number of hydrogen-bond acceptors (Lipinski definition) is 3. The lowest BCUT2D eigenvalue weighted by Crippen LogP contribution is -2.22. The molecule has 0 saturated carbocycles. The second-order valence-corrected chi connectivity index (χ2v) is 5.64. The number of pyridine rings is 2. The number of hydrogen-bond donors (Lipinski definition) is 1. The molecule has 0 aliphatic carbocycles. The number of carbonyl (C=O) groups excluding carboxylic acids is 1. The van der Waals surface area contributed by atoms with Crippen LogP contribution in [0.25, 0.3) is 0 Å². The Morgan fingerprint density at radius 1 is 1.12 bits per heavy atom. The molecule has 1 aromatic carbocycles. The minimum absolute atomic E-state index is 0.178. The maximum Gasteiger partial charge on any atom is 0.257 e. The molecule has 2 heterocycles. The van der Waals surface area contributed by atoms with Gasteiger partial charge in [0.05, 0.1) is 24.0 Å². The zero-order valence-corrected chi connectivity index (χ0v) is 13.4. The largest absolute Gasteiger partial charge is 0.321 e. The van der Waals surface area contributed by atoms with Gasteiger partial charge in [-0.25, -0.2) is 0 Å². The zero-order valence-electron chi connectivity index (χ0n) is 12.6. The summed E-state index contributed by atoms with van der Waals surface area (Å²) in [5, 5.41) is 3.38. The van der Waals surface area contributed by atoms with Gasteiger partial charge in [0.2, 0.25) is 0 Å². The first-order chi connectivity index (χ1) is 11.6. The van der Waals surface area contributed by atoms with Crippen molar-refractivity contribution in [1.29, 1.82) is 0 Å². The van der Waals surface area contributed by atoms with Crippen LogP contribution in [0.2, 0.25) is 5.02 Å². The van der Waals surface area contributed by atoms with Crippen molar-refractivity contribution in [3.05, 3.63) is 93.6 Å². The molecular weight excluding hydrogens is 326 g/mol. The van der Waals surface area contributed by atoms with Gasteiger partial charge in [0.15, 0.2) is 0 Å². The molecule has 0 spiro atoms. The Labute approximate surface area is 143 Å². The van der Waals surface area contributed by atoms with Gasteiger partial charge in [0, 0.05) is 23.5 Å². The molecule has 0 aliphatic rings. The molecule has 0 bridgehead atoms. The van der Waals surface area contributed by atoms with Crippen molar-refractivity contribution < 1.29 is 4.79 Å². The molecule has 120 valence electrons. The first kappa shape index (κ1) is 16.0. The van der Waals surface area contributed by atoms with E-state index in [1.165, 1.54) is 16.7 Å². The van der Waals surface area contributed by atoms with Crippen LogP contribution in [0.3, 0.4) is 0 Å². The monoisotopic (exact) mass is 339 g/mol. The minimum atomic E-state index is -0.298.